The fraction of sp³-hybridized carbons (Fsp3) is 0.917. The summed E-state index contributed by atoms with van der Waals surface area (Å²) >= 11 is 0. The molecule has 0 aliphatic carbocycles. The molecule has 1 fully saturated rings. The zero-order chi connectivity index (χ0) is 13.1. The third-order valence-electron chi connectivity index (χ3n) is 4.16. The van der Waals surface area contributed by atoms with Crippen molar-refractivity contribution in [3.05, 3.63) is 0 Å². The van der Waals surface area contributed by atoms with Crippen molar-refractivity contribution in [2.45, 2.75) is 64.5 Å². The third kappa shape index (κ3) is 4.23. The summed E-state index contributed by atoms with van der Waals surface area (Å²) in [6.45, 7) is 11.7. The van der Waals surface area contributed by atoms with Crippen LogP contribution in [-0.2, 0) is 14.0 Å². The average Bonchev–Trinajstić information content (AvgIpc) is 2.18. The Hall–Kier alpha value is -0.136. The van der Waals surface area contributed by atoms with E-state index in [0.717, 1.165) is 12.8 Å². The summed E-state index contributed by atoms with van der Waals surface area (Å²) in [6.07, 6.45) is 3.58. The van der Waals surface area contributed by atoms with Crippen LogP contribution in [0.2, 0.25) is 32.2 Å². The van der Waals surface area contributed by atoms with E-state index >= 15 is 0 Å². The van der Waals surface area contributed by atoms with Crippen LogP contribution in [0.15, 0.2) is 0 Å². The molecule has 1 heterocycles. The summed E-state index contributed by atoms with van der Waals surface area (Å²) in [5, 5.41) is 0. The van der Waals surface area contributed by atoms with Crippen molar-refractivity contribution >= 4 is 21.4 Å². The molecule has 0 aromatic heterocycles. The number of carbonyl (C=O) groups excluding carboxylic acids is 1. The van der Waals surface area contributed by atoms with Crippen LogP contribution >= 0.6 is 0 Å². The fourth-order valence-electron chi connectivity index (χ4n) is 2.19. The van der Waals surface area contributed by atoms with Gasteiger partial charge in [0.2, 0.25) is 0 Å². The van der Waals surface area contributed by atoms with Gasteiger partial charge in [-0.2, -0.15) is 0 Å². The van der Waals surface area contributed by atoms with E-state index in [2.05, 4.69) is 26.2 Å². The summed E-state index contributed by atoms with van der Waals surface area (Å²) < 4.78 is 11.3. The summed E-state index contributed by atoms with van der Waals surface area (Å²) in [4.78, 5) is 10.6. The van der Waals surface area contributed by atoms with Crippen LogP contribution in [0.1, 0.15) is 26.2 Å². The first-order valence-electron chi connectivity index (χ1n) is 6.56. The molecule has 1 atom stereocenters. The van der Waals surface area contributed by atoms with Crippen LogP contribution in [0.5, 0.6) is 0 Å². The zero-order valence-corrected chi connectivity index (χ0v) is 13.8. The highest BCUT2D eigenvalue weighted by molar-refractivity contribution is 7.38. The molecule has 1 unspecified atom stereocenters. The fourth-order valence-corrected chi connectivity index (χ4v) is 8.92. The molecule has 3 nitrogen and oxygen atoms in total. The van der Waals surface area contributed by atoms with Gasteiger partial charge in [-0.25, -0.2) is 0 Å². The molecule has 1 aliphatic heterocycles. The van der Waals surface area contributed by atoms with Crippen LogP contribution in [0.3, 0.4) is 0 Å². The first-order valence-corrected chi connectivity index (χ1v) is 13.7. The number of carbonyl (C=O) groups is 1. The number of esters is 1. The highest BCUT2D eigenvalue weighted by atomic mass is 29.3. The highest BCUT2D eigenvalue weighted by Crippen LogP contribution is 2.34. The Kier molecular flexibility index (Phi) is 4.98. The van der Waals surface area contributed by atoms with E-state index in [4.69, 9.17) is 9.16 Å². The molecule has 0 spiro atoms. The Balaban J connectivity index is 2.31. The Bertz CT molecular complexity index is 277. The van der Waals surface area contributed by atoms with Crippen molar-refractivity contribution in [3.63, 3.8) is 0 Å². The lowest BCUT2D eigenvalue weighted by atomic mass is 10.1. The monoisotopic (exact) mass is 274 g/mol. The van der Waals surface area contributed by atoms with Crippen LogP contribution in [0, 0.1) is 0 Å². The van der Waals surface area contributed by atoms with Gasteiger partial charge >= 0.3 is 5.97 Å². The second kappa shape index (κ2) is 5.67. The van der Waals surface area contributed by atoms with E-state index in [-0.39, 0.29) is 5.97 Å². The summed E-state index contributed by atoms with van der Waals surface area (Å²) in [6, 6.07) is 1.39. The second-order valence-corrected chi connectivity index (χ2v) is 21.4. The first kappa shape index (κ1) is 14.9. The van der Waals surface area contributed by atoms with Gasteiger partial charge < -0.3 is 9.16 Å². The normalized spacial score (nSPS) is 26.5. The molecule has 17 heavy (non-hydrogen) atoms. The Morgan fingerprint density at radius 3 is 2.53 bits per heavy atom. The van der Waals surface area contributed by atoms with Gasteiger partial charge in [0, 0.05) is 13.0 Å². The van der Waals surface area contributed by atoms with E-state index in [9.17, 15) is 4.79 Å². The largest absolute Gasteiger partial charge is 0.466 e. The lowest BCUT2D eigenvalue weighted by Crippen LogP contribution is -2.61. The SMILES string of the molecule is CC(=O)OCCCC1CC[Si](C)(C)[Si](C)(C)O1. The predicted molar refractivity (Wildman–Crippen MR) is 75.1 cm³/mol. The molecule has 1 saturated heterocycles. The van der Waals surface area contributed by atoms with Crippen molar-refractivity contribution in [2.24, 2.45) is 0 Å². The average molecular weight is 275 g/mol. The van der Waals surface area contributed by atoms with E-state index in [0.29, 0.717) is 12.7 Å². The summed E-state index contributed by atoms with van der Waals surface area (Å²) in [7, 11) is -2.53. The van der Waals surface area contributed by atoms with E-state index < -0.39 is 15.4 Å². The second-order valence-electron chi connectivity index (χ2n) is 6.16. The molecule has 100 valence electrons. The van der Waals surface area contributed by atoms with Gasteiger partial charge in [-0.1, -0.05) is 19.1 Å². The van der Waals surface area contributed by atoms with Crippen molar-refractivity contribution in [2.75, 3.05) is 6.61 Å². The molecule has 0 aromatic carbocycles. The third-order valence-corrected chi connectivity index (χ3v) is 20.8. The minimum absolute atomic E-state index is 0.183. The predicted octanol–water partition coefficient (Wildman–Crippen LogP) is 3.11. The molecule has 0 radical (unpaired) electrons. The van der Waals surface area contributed by atoms with Crippen molar-refractivity contribution in [3.8, 4) is 0 Å². The smallest absolute Gasteiger partial charge is 0.302 e. The Morgan fingerprint density at radius 1 is 1.35 bits per heavy atom. The molecule has 0 amide bonds. The molecule has 0 saturated carbocycles. The van der Waals surface area contributed by atoms with Gasteiger partial charge in [0.25, 0.3) is 0 Å². The lowest BCUT2D eigenvalue weighted by Gasteiger charge is -2.45. The minimum Gasteiger partial charge on any atom is -0.466 e. The highest BCUT2D eigenvalue weighted by Gasteiger charge is 2.47. The van der Waals surface area contributed by atoms with Crippen LogP contribution in [0.25, 0.3) is 0 Å². The Labute approximate surface area is 107 Å². The number of rotatable bonds is 4. The maximum absolute atomic E-state index is 10.6. The zero-order valence-electron chi connectivity index (χ0n) is 11.8. The van der Waals surface area contributed by atoms with Gasteiger partial charge in [0.1, 0.15) is 0 Å². The van der Waals surface area contributed by atoms with Crippen LogP contribution in [-0.4, -0.2) is 34.1 Å². The van der Waals surface area contributed by atoms with E-state index in [1.807, 2.05) is 0 Å². The molecular weight excluding hydrogens is 248 g/mol. The van der Waals surface area contributed by atoms with Gasteiger partial charge in [-0.05, 0) is 32.4 Å². The topological polar surface area (TPSA) is 35.5 Å². The summed E-state index contributed by atoms with van der Waals surface area (Å²) in [5.74, 6) is -0.183. The van der Waals surface area contributed by atoms with Crippen molar-refractivity contribution < 1.29 is 14.0 Å². The van der Waals surface area contributed by atoms with Crippen LogP contribution in [0.4, 0.5) is 0 Å². The minimum atomic E-state index is -1.43. The lowest BCUT2D eigenvalue weighted by molar-refractivity contribution is -0.141. The van der Waals surface area contributed by atoms with E-state index in [1.54, 1.807) is 0 Å². The first-order chi connectivity index (χ1) is 7.74. The molecule has 1 rings (SSSR count). The number of hydrogen-bond donors (Lipinski definition) is 0. The maximum atomic E-state index is 10.6. The number of ether oxygens (including phenoxy) is 1. The van der Waals surface area contributed by atoms with E-state index in [1.165, 1.54) is 19.4 Å². The number of hydrogen-bond acceptors (Lipinski definition) is 3. The van der Waals surface area contributed by atoms with Crippen LogP contribution < -0.4 is 0 Å². The standard InChI is InChI=1S/C12H26O3Si2/c1-11(13)14-9-6-7-12-8-10-16(2,3)17(4,5)15-12/h12H,6-10H2,1-5H3. The van der Waals surface area contributed by atoms with Gasteiger partial charge in [-0.3, -0.25) is 4.79 Å². The van der Waals surface area contributed by atoms with Crippen molar-refractivity contribution in [1.29, 1.82) is 0 Å². The molecule has 5 heteroatoms. The van der Waals surface area contributed by atoms with Gasteiger partial charge in [0.05, 0.1) is 14.2 Å². The quantitative estimate of drug-likeness (QED) is 0.449. The molecule has 0 bridgehead atoms. The van der Waals surface area contributed by atoms with Crippen molar-refractivity contribution in [1.82, 2.24) is 0 Å². The van der Waals surface area contributed by atoms with Gasteiger partial charge in [0.15, 0.2) is 7.83 Å². The molecule has 1 aliphatic rings. The molecular formula is C12H26O3Si2. The summed E-state index contributed by atoms with van der Waals surface area (Å²) in [5.41, 5.74) is 0. The molecule has 0 N–H and O–H groups in total. The Morgan fingerprint density at radius 2 is 2.00 bits per heavy atom. The maximum Gasteiger partial charge on any atom is 0.302 e. The molecule has 0 aromatic rings. The van der Waals surface area contributed by atoms with Gasteiger partial charge in [-0.15, -0.1) is 0 Å².